The molecule has 4 nitrogen and oxygen atoms in total. The van der Waals surface area contributed by atoms with Crippen LogP contribution in [0.2, 0.25) is 0 Å². The Bertz CT molecular complexity index is 178. The quantitative estimate of drug-likeness (QED) is 0.416. The molecular formula is C5H7N2O2+. The standard InChI is InChI=1S/C5H6N2O2/c1-7-5(9-2)3-4(6)8/h1,3H,2H3,(H-,6,8)/p+1/b5-3-. The van der Waals surface area contributed by atoms with Crippen molar-refractivity contribution in [1.82, 2.24) is 0 Å². The van der Waals surface area contributed by atoms with Crippen LogP contribution in [-0.4, -0.2) is 13.0 Å². The predicted octanol–water partition coefficient (Wildman–Crippen LogP) is -0.0778. The highest BCUT2D eigenvalue weighted by atomic mass is 16.5. The molecule has 0 saturated heterocycles. The van der Waals surface area contributed by atoms with Crippen LogP contribution in [-0.2, 0) is 9.53 Å². The highest BCUT2D eigenvalue weighted by molar-refractivity contribution is 5.86. The normalized spacial score (nSPS) is 10.0. The Balaban J connectivity index is 4.13. The molecule has 0 aromatic carbocycles. The number of nitrogens with two attached hydrogens (primary N) is 1. The van der Waals surface area contributed by atoms with Gasteiger partial charge in [0.2, 0.25) is 0 Å². The van der Waals surface area contributed by atoms with Gasteiger partial charge in [-0.15, -0.1) is 0 Å². The third kappa shape index (κ3) is 3.12. The van der Waals surface area contributed by atoms with Gasteiger partial charge in [-0.2, -0.15) is 0 Å². The maximum Gasteiger partial charge on any atom is 0.505 e. The predicted molar refractivity (Wildman–Crippen MR) is 32.6 cm³/mol. The van der Waals surface area contributed by atoms with Gasteiger partial charge >= 0.3 is 5.88 Å². The number of carbonyl (C=O) groups excluding carboxylic acids is 1. The Morgan fingerprint density at radius 2 is 2.44 bits per heavy atom. The van der Waals surface area contributed by atoms with Crippen molar-refractivity contribution in [3.05, 3.63) is 16.8 Å². The molecule has 48 valence electrons. The molecule has 0 aromatic heterocycles. The van der Waals surface area contributed by atoms with E-state index >= 15 is 0 Å². The van der Waals surface area contributed by atoms with E-state index in [-0.39, 0.29) is 5.88 Å². The zero-order chi connectivity index (χ0) is 7.28. The van der Waals surface area contributed by atoms with E-state index < -0.39 is 5.91 Å². The number of carbonyl (C=O) groups is 1. The fraction of sp³-hybridized carbons (Fsp3) is 0.200. The Morgan fingerprint density at radius 1 is 1.89 bits per heavy atom. The van der Waals surface area contributed by atoms with Crippen LogP contribution in [0.25, 0.3) is 4.85 Å². The van der Waals surface area contributed by atoms with Gasteiger partial charge in [-0.1, -0.05) is 0 Å². The Hall–Kier alpha value is -1.50. The molecule has 2 N–H and O–H groups in total. The number of rotatable bonds is 2. The summed E-state index contributed by atoms with van der Waals surface area (Å²) in [6.07, 6.45) is 0.986. The van der Waals surface area contributed by atoms with Crippen LogP contribution < -0.4 is 5.73 Å². The smallest absolute Gasteiger partial charge is 0.434 e. The van der Waals surface area contributed by atoms with Crippen LogP contribution in [0.15, 0.2) is 12.0 Å². The molecule has 0 fully saturated rings. The number of amides is 1. The zero-order valence-corrected chi connectivity index (χ0v) is 5.00. The van der Waals surface area contributed by atoms with Crippen molar-refractivity contribution in [3.63, 3.8) is 0 Å². The molecule has 0 atom stereocenters. The van der Waals surface area contributed by atoms with Crippen molar-refractivity contribution < 1.29 is 9.53 Å². The van der Waals surface area contributed by atoms with Gasteiger partial charge in [0.15, 0.2) is 0 Å². The summed E-state index contributed by atoms with van der Waals surface area (Å²) in [5.74, 6) is -0.622. The monoisotopic (exact) mass is 127 g/mol. The summed E-state index contributed by atoms with van der Waals surface area (Å²) in [6.45, 7) is 4.76. The lowest BCUT2D eigenvalue weighted by molar-refractivity contribution is -0.113. The Labute approximate surface area is 52.7 Å². The van der Waals surface area contributed by atoms with Crippen LogP contribution in [0.1, 0.15) is 0 Å². The van der Waals surface area contributed by atoms with Crippen LogP contribution in [0.4, 0.5) is 0 Å². The van der Waals surface area contributed by atoms with Crippen LogP contribution >= 0.6 is 0 Å². The van der Waals surface area contributed by atoms with E-state index in [1.54, 1.807) is 0 Å². The molecule has 0 radical (unpaired) electrons. The Kier molecular flexibility index (Phi) is 2.91. The van der Waals surface area contributed by atoms with Crippen molar-refractivity contribution in [2.75, 3.05) is 7.11 Å². The molecule has 0 rings (SSSR count). The maximum absolute atomic E-state index is 10.1. The molecule has 0 aliphatic heterocycles. The van der Waals surface area contributed by atoms with Gasteiger partial charge in [0.25, 0.3) is 12.5 Å². The lowest BCUT2D eigenvalue weighted by Crippen LogP contribution is -2.06. The van der Waals surface area contributed by atoms with E-state index in [9.17, 15) is 4.79 Å². The summed E-state index contributed by atoms with van der Waals surface area (Å²) >= 11 is 0. The summed E-state index contributed by atoms with van der Waals surface area (Å²) in [7, 11) is 1.34. The molecule has 0 aromatic rings. The SMILES string of the molecule is C#[N+]/C(=C/C(N)=O)OC. The molecule has 0 heterocycles. The van der Waals surface area contributed by atoms with Crippen molar-refractivity contribution >= 4 is 5.91 Å². The molecule has 1 amide bonds. The fourth-order valence-electron chi connectivity index (χ4n) is 0.271. The number of hydrogen-bond donors (Lipinski definition) is 1. The first-order valence-corrected chi connectivity index (χ1v) is 2.16. The number of ether oxygens (including phenoxy) is 1. The minimum absolute atomic E-state index is 0.0162. The molecule has 9 heavy (non-hydrogen) atoms. The largest absolute Gasteiger partial charge is 0.505 e. The van der Waals surface area contributed by atoms with Crippen molar-refractivity contribution in [2.45, 2.75) is 0 Å². The first-order chi connectivity index (χ1) is 4.20. The highest BCUT2D eigenvalue weighted by Crippen LogP contribution is 1.93. The highest BCUT2D eigenvalue weighted by Gasteiger charge is 2.04. The second-order valence-corrected chi connectivity index (χ2v) is 1.22. The topological polar surface area (TPSA) is 56.7 Å². The molecule has 4 heteroatoms. The van der Waals surface area contributed by atoms with Gasteiger partial charge in [0.1, 0.15) is 6.08 Å². The Morgan fingerprint density at radius 3 is 2.56 bits per heavy atom. The van der Waals surface area contributed by atoms with Crippen molar-refractivity contribution in [3.8, 4) is 6.57 Å². The maximum atomic E-state index is 10.1. The van der Waals surface area contributed by atoms with Crippen LogP contribution in [0, 0.1) is 6.57 Å². The van der Waals surface area contributed by atoms with E-state index in [0.29, 0.717) is 0 Å². The van der Waals surface area contributed by atoms with Gasteiger partial charge in [-0.3, -0.25) is 4.79 Å². The van der Waals surface area contributed by atoms with E-state index in [1.807, 2.05) is 0 Å². The average molecular weight is 127 g/mol. The second kappa shape index (κ2) is 3.50. The van der Waals surface area contributed by atoms with Gasteiger partial charge in [-0.25, -0.2) is 0 Å². The summed E-state index contributed by atoms with van der Waals surface area (Å²) in [5.41, 5.74) is 4.73. The molecule has 0 aliphatic carbocycles. The van der Waals surface area contributed by atoms with Crippen LogP contribution in [0.5, 0.6) is 0 Å². The lowest BCUT2D eigenvalue weighted by atomic mass is 10.6. The van der Waals surface area contributed by atoms with E-state index in [4.69, 9.17) is 12.3 Å². The average Bonchev–Trinajstić information content (AvgIpc) is 1.82. The number of hydrogen-bond acceptors (Lipinski definition) is 2. The summed E-state index contributed by atoms with van der Waals surface area (Å²) in [5, 5.41) is 0. The first-order valence-electron chi connectivity index (χ1n) is 2.16. The molecule has 0 unspecified atom stereocenters. The first kappa shape index (κ1) is 7.50. The van der Waals surface area contributed by atoms with Gasteiger partial charge in [0.05, 0.1) is 7.11 Å². The van der Waals surface area contributed by atoms with Crippen LogP contribution in [0.3, 0.4) is 0 Å². The van der Waals surface area contributed by atoms with E-state index in [0.717, 1.165) is 6.08 Å². The molecular weight excluding hydrogens is 120 g/mol. The van der Waals surface area contributed by atoms with E-state index in [1.165, 1.54) is 7.11 Å². The minimum atomic E-state index is -0.638. The zero-order valence-electron chi connectivity index (χ0n) is 5.00. The summed E-state index contributed by atoms with van der Waals surface area (Å²) < 4.78 is 4.48. The van der Waals surface area contributed by atoms with E-state index in [2.05, 4.69) is 9.58 Å². The lowest BCUT2D eigenvalue weighted by Gasteiger charge is -1.80. The fourth-order valence-corrected chi connectivity index (χ4v) is 0.271. The number of methoxy groups -OCH3 is 1. The summed E-state index contributed by atoms with van der Waals surface area (Å²) in [6, 6.07) is 0. The third-order valence-electron chi connectivity index (χ3n) is 0.602. The number of nitrogens with zero attached hydrogens (tertiary/aromatic N) is 1. The van der Waals surface area contributed by atoms with Gasteiger partial charge in [0, 0.05) is 4.85 Å². The van der Waals surface area contributed by atoms with Crippen molar-refractivity contribution in [1.29, 1.82) is 0 Å². The second-order valence-electron chi connectivity index (χ2n) is 1.22. The molecule has 0 bridgehead atoms. The minimum Gasteiger partial charge on any atom is -0.434 e. The molecule has 0 aliphatic rings. The van der Waals surface area contributed by atoms with Gasteiger partial charge < -0.3 is 10.5 Å². The molecule has 0 saturated carbocycles. The molecule has 0 spiro atoms. The summed E-state index contributed by atoms with van der Waals surface area (Å²) in [4.78, 5) is 13.2. The number of primary amides is 1. The van der Waals surface area contributed by atoms with Crippen molar-refractivity contribution in [2.24, 2.45) is 5.73 Å². The van der Waals surface area contributed by atoms with Gasteiger partial charge in [-0.05, 0) is 0 Å². The third-order valence-corrected chi connectivity index (χ3v) is 0.602.